The molecule has 1 aliphatic rings. The van der Waals surface area contributed by atoms with E-state index >= 15 is 0 Å². The molecule has 21 heavy (non-hydrogen) atoms. The van der Waals surface area contributed by atoms with E-state index in [1.165, 1.54) is 11.1 Å². The minimum absolute atomic E-state index is 0.0209. The Morgan fingerprint density at radius 3 is 2.43 bits per heavy atom. The highest BCUT2D eigenvalue weighted by Crippen LogP contribution is 2.28. The van der Waals surface area contributed by atoms with Gasteiger partial charge >= 0.3 is 0 Å². The minimum Gasteiger partial charge on any atom is -0.308 e. The topological polar surface area (TPSA) is 20.3 Å². The monoisotopic (exact) mass is 299 g/mol. The molecule has 0 spiro atoms. The van der Waals surface area contributed by atoms with Crippen LogP contribution in [0.25, 0.3) is 0 Å². The Kier molecular flexibility index (Phi) is 4.26. The van der Waals surface area contributed by atoms with Gasteiger partial charge in [-0.1, -0.05) is 42.5 Å². The molecule has 2 aromatic carbocycles. The van der Waals surface area contributed by atoms with Crippen LogP contribution in [-0.4, -0.2) is 17.8 Å². The number of nitrogens with zero attached hydrogens (tertiary/aromatic N) is 1. The second kappa shape index (κ2) is 6.31. The van der Waals surface area contributed by atoms with Crippen LogP contribution in [0.4, 0.5) is 5.69 Å². The third-order valence-electron chi connectivity index (χ3n) is 4.10. The molecular formula is C18H18ClNO. The number of benzene rings is 2. The number of para-hydroxylation sites is 1. The maximum absolute atomic E-state index is 12.3. The zero-order chi connectivity index (χ0) is 14.7. The number of carbonyl (C=O) groups is 1. The Morgan fingerprint density at radius 1 is 1.05 bits per heavy atom. The summed E-state index contributed by atoms with van der Waals surface area (Å²) in [5.41, 5.74) is 3.68. The number of fused-ring (bicyclic) bond motifs is 1. The summed E-state index contributed by atoms with van der Waals surface area (Å²) >= 11 is 5.82. The van der Waals surface area contributed by atoms with Crippen molar-refractivity contribution in [3.8, 4) is 0 Å². The molecule has 0 radical (unpaired) electrons. The van der Waals surface area contributed by atoms with Gasteiger partial charge in [-0.2, -0.15) is 0 Å². The molecule has 1 aliphatic carbocycles. The highest BCUT2D eigenvalue weighted by atomic mass is 35.5. The molecule has 3 heteroatoms. The van der Waals surface area contributed by atoms with Crippen molar-refractivity contribution in [2.45, 2.75) is 25.3 Å². The van der Waals surface area contributed by atoms with E-state index in [4.69, 9.17) is 11.6 Å². The average molecular weight is 300 g/mol. The van der Waals surface area contributed by atoms with Crippen LogP contribution in [0.2, 0.25) is 0 Å². The number of rotatable bonds is 3. The van der Waals surface area contributed by atoms with Gasteiger partial charge in [-0.15, -0.1) is 11.6 Å². The fourth-order valence-corrected chi connectivity index (χ4v) is 3.24. The number of hydrogen-bond acceptors (Lipinski definition) is 1. The largest absolute Gasteiger partial charge is 0.308 e. The summed E-state index contributed by atoms with van der Waals surface area (Å²) in [7, 11) is 0. The first-order chi connectivity index (χ1) is 10.3. The zero-order valence-electron chi connectivity index (χ0n) is 11.8. The van der Waals surface area contributed by atoms with Gasteiger partial charge in [0.25, 0.3) is 0 Å². The maximum Gasteiger partial charge on any atom is 0.242 e. The van der Waals surface area contributed by atoms with Gasteiger partial charge in [-0.3, -0.25) is 4.79 Å². The Balaban J connectivity index is 1.90. The van der Waals surface area contributed by atoms with E-state index in [1.807, 2.05) is 35.2 Å². The van der Waals surface area contributed by atoms with Gasteiger partial charge in [0.2, 0.25) is 5.91 Å². The molecular weight excluding hydrogens is 282 g/mol. The fraction of sp³-hybridized carbons (Fsp3) is 0.278. The van der Waals surface area contributed by atoms with Crippen molar-refractivity contribution in [2.24, 2.45) is 0 Å². The molecule has 0 fully saturated rings. The number of anilines is 1. The molecule has 0 bridgehead atoms. The standard InChI is InChI=1S/C18H18ClNO/c19-13-18(21)20(16-8-2-1-3-9-16)17-11-10-14-6-4-5-7-15(14)12-17/h1-9,17H,10-13H2. The van der Waals surface area contributed by atoms with Crippen LogP contribution in [0.15, 0.2) is 54.6 Å². The van der Waals surface area contributed by atoms with Crippen LogP contribution in [-0.2, 0) is 17.6 Å². The minimum atomic E-state index is -0.0211. The van der Waals surface area contributed by atoms with Crippen molar-refractivity contribution >= 4 is 23.2 Å². The number of aryl methyl sites for hydroxylation is 1. The predicted molar refractivity (Wildman–Crippen MR) is 86.9 cm³/mol. The second-order valence-electron chi connectivity index (χ2n) is 5.40. The lowest BCUT2D eigenvalue weighted by molar-refractivity contribution is -0.116. The van der Waals surface area contributed by atoms with Crippen molar-refractivity contribution in [3.63, 3.8) is 0 Å². The molecule has 0 aromatic heterocycles. The second-order valence-corrected chi connectivity index (χ2v) is 5.67. The van der Waals surface area contributed by atoms with Crippen molar-refractivity contribution in [2.75, 3.05) is 10.8 Å². The van der Waals surface area contributed by atoms with E-state index in [0.29, 0.717) is 0 Å². The quantitative estimate of drug-likeness (QED) is 0.789. The van der Waals surface area contributed by atoms with E-state index < -0.39 is 0 Å². The summed E-state index contributed by atoms with van der Waals surface area (Å²) in [6, 6.07) is 18.5. The lowest BCUT2D eigenvalue weighted by Crippen LogP contribution is -2.44. The number of amides is 1. The first-order valence-electron chi connectivity index (χ1n) is 7.29. The molecule has 0 aliphatic heterocycles. The molecule has 0 saturated heterocycles. The van der Waals surface area contributed by atoms with Crippen LogP contribution in [0, 0.1) is 0 Å². The highest BCUT2D eigenvalue weighted by Gasteiger charge is 2.28. The normalized spacial score (nSPS) is 17.1. The van der Waals surface area contributed by atoms with Crippen LogP contribution in [0.5, 0.6) is 0 Å². The third-order valence-corrected chi connectivity index (χ3v) is 4.33. The van der Waals surface area contributed by atoms with Crippen molar-refractivity contribution in [3.05, 3.63) is 65.7 Å². The number of alkyl halides is 1. The van der Waals surface area contributed by atoms with Gasteiger partial charge in [-0.05, 0) is 42.5 Å². The highest BCUT2D eigenvalue weighted by molar-refractivity contribution is 6.29. The van der Waals surface area contributed by atoms with Crippen molar-refractivity contribution in [1.29, 1.82) is 0 Å². The van der Waals surface area contributed by atoms with Gasteiger partial charge in [0, 0.05) is 11.7 Å². The van der Waals surface area contributed by atoms with Gasteiger partial charge in [0.15, 0.2) is 0 Å². The van der Waals surface area contributed by atoms with Crippen LogP contribution in [0.3, 0.4) is 0 Å². The molecule has 1 atom stereocenters. The smallest absolute Gasteiger partial charge is 0.242 e. The van der Waals surface area contributed by atoms with Crippen LogP contribution >= 0.6 is 11.6 Å². The van der Waals surface area contributed by atoms with E-state index in [1.54, 1.807) is 0 Å². The molecule has 1 amide bonds. The fourth-order valence-electron chi connectivity index (χ4n) is 3.11. The summed E-state index contributed by atoms with van der Waals surface area (Å²) < 4.78 is 0. The summed E-state index contributed by atoms with van der Waals surface area (Å²) in [6.45, 7) is 0. The third kappa shape index (κ3) is 2.96. The summed E-state index contributed by atoms with van der Waals surface area (Å²) in [5, 5.41) is 0. The molecule has 0 saturated carbocycles. The Bertz CT molecular complexity index is 626. The molecule has 108 valence electrons. The summed E-state index contributed by atoms with van der Waals surface area (Å²) in [5.74, 6) is -0.000193. The molecule has 2 aromatic rings. The Hall–Kier alpha value is -1.80. The van der Waals surface area contributed by atoms with Gasteiger partial charge in [0.1, 0.15) is 5.88 Å². The molecule has 1 unspecified atom stereocenters. The SMILES string of the molecule is O=C(CCl)N(c1ccccc1)C1CCc2ccccc2C1. The van der Waals surface area contributed by atoms with Crippen LogP contribution < -0.4 is 4.90 Å². The number of halogens is 1. The molecule has 0 N–H and O–H groups in total. The van der Waals surface area contributed by atoms with Crippen molar-refractivity contribution < 1.29 is 4.79 Å². The van der Waals surface area contributed by atoms with Gasteiger partial charge in [0.05, 0.1) is 0 Å². The lowest BCUT2D eigenvalue weighted by Gasteiger charge is -2.35. The number of carbonyl (C=O) groups excluding carboxylic acids is 1. The van der Waals surface area contributed by atoms with Gasteiger partial charge in [-0.25, -0.2) is 0 Å². The molecule has 3 rings (SSSR count). The average Bonchev–Trinajstić information content (AvgIpc) is 2.56. The maximum atomic E-state index is 12.3. The van der Waals surface area contributed by atoms with E-state index in [0.717, 1.165) is 24.9 Å². The van der Waals surface area contributed by atoms with E-state index in [9.17, 15) is 4.79 Å². The first kappa shape index (κ1) is 14.2. The first-order valence-corrected chi connectivity index (χ1v) is 7.83. The van der Waals surface area contributed by atoms with Crippen molar-refractivity contribution in [1.82, 2.24) is 0 Å². The van der Waals surface area contributed by atoms with Crippen LogP contribution in [0.1, 0.15) is 17.5 Å². The van der Waals surface area contributed by atoms with E-state index in [-0.39, 0.29) is 17.8 Å². The summed E-state index contributed by atoms with van der Waals surface area (Å²) in [4.78, 5) is 14.2. The zero-order valence-corrected chi connectivity index (χ0v) is 12.6. The molecule has 2 nitrogen and oxygen atoms in total. The van der Waals surface area contributed by atoms with Gasteiger partial charge < -0.3 is 4.90 Å². The van der Waals surface area contributed by atoms with E-state index in [2.05, 4.69) is 24.3 Å². The lowest BCUT2D eigenvalue weighted by atomic mass is 9.87. The summed E-state index contributed by atoms with van der Waals surface area (Å²) in [6.07, 6.45) is 2.89. The predicted octanol–water partition coefficient (Wildman–Crippen LogP) is 3.82. The number of hydrogen-bond donors (Lipinski definition) is 0. The Morgan fingerprint density at radius 2 is 1.71 bits per heavy atom. The Labute approximate surface area is 130 Å². The molecule has 0 heterocycles.